The van der Waals surface area contributed by atoms with E-state index in [1.54, 1.807) is 12.1 Å². The molecule has 1 amide bonds. The topological polar surface area (TPSA) is 68.3 Å². The van der Waals surface area contributed by atoms with Gasteiger partial charge in [0.2, 0.25) is 5.91 Å². The number of anilines is 1. The van der Waals surface area contributed by atoms with E-state index in [0.717, 1.165) is 21.4 Å². The largest absolute Gasteiger partial charge is 0.457 e. The summed E-state index contributed by atoms with van der Waals surface area (Å²) in [6, 6.07) is 12.9. The maximum Gasteiger partial charge on any atom is 0.338 e. The van der Waals surface area contributed by atoms with Gasteiger partial charge >= 0.3 is 5.97 Å². The fraction of sp³-hybridized carbons (Fsp3) is 0.150. The lowest BCUT2D eigenvalue weighted by molar-refractivity contribution is -0.113. The van der Waals surface area contributed by atoms with Gasteiger partial charge in [-0.05, 0) is 42.8 Å². The van der Waals surface area contributed by atoms with Gasteiger partial charge < -0.3 is 10.1 Å². The number of amides is 1. The first-order chi connectivity index (χ1) is 13.0. The van der Waals surface area contributed by atoms with Crippen LogP contribution in [-0.4, -0.2) is 22.6 Å². The molecule has 0 atom stereocenters. The number of hydrogen-bond acceptors (Lipinski definition) is 5. The Morgan fingerprint density at radius 1 is 1.26 bits per heavy atom. The number of thioether (sulfide) groups is 1. The van der Waals surface area contributed by atoms with Crippen LogP contribution in [0.2, 0.25) is 5.15 Å². The lowest BCUT2D eigenvalue weighted by Crippen LogP contribution is -2.19. The second kappa shape index (κ2) is 7.21. The van der Waals surface area contributed by atoms with Crippen molar-refractivity contribution >= 4 is 51.8 Å². The molecular formula is C20H15ClN2O3S. The minimum Gasteiger partial charge on any atom is -0.457 e. The first-order valence-corrected chi connectivity index (χ1v) is 9.65. The van der Waals surface area contributed by atoms with E-state index in [0.29, 0.717) is 27.7 Å². The number of aryl methyl sites for hydroxylation is 1. The van der Waals surface area contributed by atoms with Crippen LogP contribution in [0.5, 0.6) is 0 Å². The van der Waals surface area contributed by atoms with Crippen molar-refractivity contribution in [3.8, 4) is 0 Å². The average Bonchev–Trinajstić information content (AvgIpc) is 2.65. The van der Waals surface area contributed by atoms with E-state index in [1.165, 1.54) is 11.8 Å². The van der Waals surface area contributed by atoms with Gasteiger partial charge in [0.05, 0.1) is 22.5 Å². The number of carbonyl (C=O) groups is 2. The first kappa shape index (κ1) is 17.8. The highest BCUT2D eigenvalue weighted by Gasteiger charge is 2.18. The van der Waals surface area contributed by atoms with Gasteiger partial charge in [0.1, 0.15) is 11.8 Å². The Balaban J connectivity index is 1.52. The predicted molar refractivity (Wildman–Crippen MR) is 106 cm³/mol. The molecule has 0 spiro atoms. The molecule has 7 heteroatoms. The van der Waals surface area contributed by atoms with Crippen molar-refractivity contribution in [2.75, 3.05) is 11.1 Å². The van der Waals surface area contributed by atoms with Crippen LogP contribution in [0.3, 0.4) is 0 Å². The van der Waals surface area contributed by atoms with Gasteiger partial charge in [-0.2, -0.15) is 0 Å². The van der Waals surface area contributed by atoms with Crippen molar-refractivity contribution in [2.45, 2.75) is 18.4 Å². The summed E-state index contributed by atoms with van der Waals surface area (Å²) in [5.41, 5.74) is 3.55. The highest BCUT2D eigenvalue weighted by molar-refractivity contribution is 8.00. The highest BCUT2D eigenvalue weighted by Crippen LogP contribution is 2.32. The van der Waals surface area contributed by atoms with Crippen LogP contribution < -0.4 is 5.32 Å². The van der Waals surface area contributed by atoms with Crippen LogP contribution in [-0.2, 0) is 16.1 Å². The lowest BCUT2D eigenvalue weighted by Gasteiger charge is -2.16. The van der Waals surface area contributed by atoms with Crippen LogP contribution in [0.15, 0.2) is 47.4 Å². The third-order valence-electron chi connectivity index (χ3n) is 4.21. The first-order valence-electron chi connectivity index (χ1n) is 8.29. The Bertz CT molecular complexity index is 1080. The summed E-state index contributed by atoms with van der Waals surface area (Å²) in [5, 5.41) is 4.01. The number of hydrogen-bond donors (Lipinski definition) is 1. The smallest absolute Gasteiger partial charge is 0.338 e. The second-order valence-electron chi connectivity index (χ2n) is 6.26. The number of pyridine rings is 1. The number of benzene rings is 2. The fourth-order valence-corrected chi connectivity index (χ4v) is 3.82. The number of ether oxygens (including phenoxy) is 1. The Morgan fingerprint density at radius 3 is 2.96 bits per heavy atom. The molecule has 0 unspecified atom stereocenters. The lowest BCUT2D eigenvalue weighted by atomic mass is 10.1. The van der Waals surface area contributed by atoms with Gasteiger partial charge in [-0.1, -0.05) is 23.7 Å². The molecule has 136 valence electrons. The van der Waals surface area contributed by atoms with Gasteiger partial charge in [-0.15, -0.1) is 11.8 Å². The molecule has 3 aromatic rings. The van der Waals surface area contributed by atoms with Gasteiger partial charge in [-0.25, -0.2) is 9.78 Å². The molecule has 1 aliphatic rings. The molecule has 0 fully saturated rings. The average molecular weight is 399 g/mol. The maximum absolute atomic E-state index is 12.4. The summed E-state index contributed by atoms with van der Waals surface area (Å²) in [5.74, 6) is -0.186. The third kappa shape index (κ3) is 3.77. The van der Waals surface area contributed by atoms with Gasteiger partial charge in [0, 0.05) is 15.8 Å². The van der Waals surface area contributed by atoms with Crippen molar-refractivity contribution in [1.82, 2.24) is 4.98 Å². The number of nitrogens with zero attached hydrogens (tertiary/aromatic N) is 1. The van der Waals surface area contributed by atoms with Crippen LogP contribution in [0.25, 0.3) is 10.9 Å². The number of aromatic nitrogens is 1. The van der Waals surface area contributed by atoms with E-state index in [2.05, 4.69) is 10.3 Å². The van der Waals surface area contributed by atoms with Crippen molar-refractivity contribution in [3.63, 3.8) is 0 Å². The summed E-state index contributed by atoms with van der Waals surface area (Å²) in [6.45, 7) is 2.01. The molecule has 1 N–H and O–H groups in total. The minimum absolute atomic E-state index is 0.0205. The second-order valence-corrected chi connectivity index (χ2v) is 7.63. The van der Waals surface area contributed by atoms with Crippen molar-refractivity contribution in [2.24, 2.45) is 0 Å². The van der Waals surface area contributed by atoms with E-state index >= 15 is 0 Å². The summed E-state index contributed by atoms with van der Waals surface area (Å²) >= 11 is 7.68. The number of rotatable bonds is 3. The highest BCUT2D eigenvalue weighted by atomic mass is 35.5. The normalized spacial score (nSPS) is 13.2. The Hall–Kier alpha value is -2.57. The van der Waals surface area contributed by atoms with Crippen LogP contribution >= 0.6 is 23.4 Å². The Labute approximate surface area is 165 Å². The molecule has 1 aromatic heterocycles. The van der Waals surface area contributed by atoms with Gasteiger partial charge in [-0.3, -0.25) is 4.79 Å². The monoisotopic (exact) mass is 398 g/mol. The molecule has 0 aliphatic carbocycles. The molecule has 1 aliphatic heterocycles. The summed E-state index contributed by atoms with van der Waals surface area (Å²) in [4.78, 5) is 29.2. The minimum atomic E-state index is -0.484. The Morgan fingerprint density at radius 2 is 2.11 bits per heavy atom. The number of nitrogens with one attached hydrogen (secondary N) is 1. The molecule has 4 rings (SSSR count). The molecule has 0 saturated carbocycles. The van der Waals surface area contributed by atoms with Gasteiger partial charge in [0.15, 0.2) is 0 Å². The van der Waals surface area contributed by atoms with Crippen molar-refractivity contribution in [3.05, 3.63) is 64.3 Å². The van der Waals surface area contributed by atoms with E-state index in [4.69, 9.17) is 16.3 Å². The zero-order valence-electron chi connectivity index (χ0n) is 14.4. The van der Waals surface area contributed by atoms with Crippen molar-refractivity contribution in [1.29, 1.82) is 0 Å². The maximum atomic E-state index is 12.4. The van der Waals surface area contributed by atoms with E-state index in [-0.39, 0.29) is 12.5 Å². The van der Waals surface area contributed by atoms with Crippen LogP contribution in [0.4, 0.5) is 5.69 Å². The SMILES string of the molecule is Cc1ccc2cc(COC(=O)c3ccc4c(c3)NC(=O)CS4)c(Cl)nc2c1. The van der Waals surface area contributed by atoms with E-state index in [1.807, 2.05) is 37.3 Å². The van der Waals surface area contributed by atoms with Crippen LogP contribution in [0, 0.1) is 6.92 Å². The zero-order chi connectivity index (χ0) is 19.0. The molecule has 0 bridgehead atoms. The van der Waals surface area contributed by atoms with Gasteiger partial charge in [0.25, 0.3) is 0 Å². The zero-order valence-corrected chi connectivity index (χ0v) is 16.0. The molecular weight excluding hydrogens is 384 g/mol. The number of fused-ring (bicyclic) bond motifs is 2. The number of halogens is 1. The standard InChI is InChI=1S/C20H15ClN2O3S/c1-11-2-3-12-7-14(19(21)23-15(12)6-11)9-26-20(25)13-4-5-17-16(8-13)22-18(24)10-27-17/h2-8H,9-10H2,1H3,(H,22,24). The molecule has 0 saturated heterocycles. The van der Waals surface area contributed by atoms with Crippen LogP contribution in [0.1, 0.15) is 21.5 Å². The quantitative estimate of drug-likeness (QED) is 0.516. The fourth-order valence-electron chi connectivity index (χ4n) is 2.84. The van der Waals surface area contributed by atoms with Crippen molar-refractivity contribution < 1.29 is 14.3 Å². The summed E-state index contributed by atoms with van der Waals surface area (Å²) < 4.78 is 5.40. The molecule has 27 heavy (non-hydrogen) atoms. The molecule has 0 radical (unpaired) electrons. The molecule has 2 heterocycles. The number of carbonyl (C=O) groups excluding carboxylic acids is 2. The summed E-state index contributed by atoms with van der Waals surface area (Å²) in [7, 11) is 0. The summed E-state index contributed by atoms with van der Waals surface area (Å²) in [6.07, 6.45) is 0. The predicted octanol–water partition coefficient (Wildman–Crippen LogP) is 4.60. The number of esters is 1. The third-order valence-corrected chi connectivity index (χ3v) is 5.61. The molecule has 2 aromatic carbocycles. The Kier molecular flexibility index (Phi) is 4.76. The van der Waals surface area contributed by atoms with E-state index < -0.39 is 5.97 Å². The molecule has 5 nitrogen and oxygen atoms in total. The van der Waals surface area contributed by atoms with E-state index in [9.17, 15) is 9.59 Å².